The summed E-state index contributed by atoms with van der Waals surface area (Å²) in [5.74, 6) is 0.123. The topological polar surface area (TPSA) is 55.8 Å². The van der Waals surface area contributed by atoms with E-state index in [-0.39, 0.29) is 11.7 Å². The molecule has 29 heavy (non-hydrogen) atoms. The van der Waals surface area contributed by atoms with E-state index in [2.05, 4.69) is 6.92 Å². The summed E-state index contributed by atoms with van der Waals surface area (Å²) in [6, 6.07) is 4.93. The Hall–Kier alpha value is -1.97. The second-order valence-electron chi connectivity index (χ2n) is 7.67. The number of hydrogen-bond donors (Lipinski definition) is 1. The molecule has 1 aromatic rings. The first-order valence-corrected chi connectivity index (χ1v) is 11.4. The Morgan fingerprint density at radius 1 is 0.897 bits per heavy atom. The minimum absolute atomic E-state index is 0.0784. The quantitative estimate of drug-likeness (QED) is 0.172. The normalized spacial score (nSPS) is 11.1. The molecule has 0 fully saturated rings. The van der Waals surface area contributed by atoms with Crippen molar-refractivity contribution >= 4 is 12.0 Å². The van der Waals surface area contributed by atoms with Crippen molar-refractivity contribution in [2.24, 2.45) is 0 Å². The van der Waals surface area contributed by atoms with Crippen LogP contribution in [0.15, 0.2) is 24.3 Å². The molecule has 0 bridgehead atoms. The summed E-state index contributed by atoms with van der Waals surface area (Å²) in [6.45, 7) is 2.73. The molecule has 0 radical (unpaired) electrons. The van der Waals surface area contributed by atoms with E-state index in [4.69, 9.17) is 9.47 Å². The Kier molecular flexibility index (Phi) is 14.6. The second kappa shape index (κ2) is 16.9. The number of ether oxygens (including phenoxy) is 2. The van der Waals surface area contributed by atoms with E-state index in [1.807, 2.05) is 0 Å². The molecule has 164 valence electrons. The van der Waals surface area contributed by atoms with Gasteiger partial charge in [0.25, 0.3) is 0 Å². The van der Waals surface area contributed by atoms with Crippen LogP contribution in [0.2, 0.25) is 0 Å². The molecule has 0 heterocycles. The van der Waals surface area contributed by atoms with Crippen molar-refractivity contribution in [1.29, 1.82) is 0 Å². The zero-order valence-electron chi connectivity index (χ0n) is 18.5. The van der Waals surface area contributed by atoms with Gasteiger partial charge in [0, 0.05) is 6.08 Å². The van der Waals surface area contributed by atoms with E-state index >= 15 is 0 Å². The van der Waals surface area contributed by atoms with Crippen LogP contribution in [-0.2, 0) is 9.53 Å². The smallest absolute Gasteiger partial charge is 0.330 e. The first-order chi connectivity index (χ1) is 14.2. The first-order valence-electron chi connectivity index (χ1n) is 11.4. The second-order valence-corrected chi connectivity index (χ2v) is 7.67. The van der Waals surface area contributed by atoms with Crippen LogP contribution in [0.1, 0.15) is 96.0 Å². The minimum atomic E-state index is -0.337. The van der Waals surface area contributed by atoms with Crippen molar-refractivity contribution in [2.45, 2.75) is 90.4 Å². The lowest BCUT2D eigenvalue weighted by atomic mass is 10.0. The molecule has 1 aromatic carbocycles. The fourth-order valence-corrected chi connectivity index (χ4v) is 3.30. The average Bonchev–Trinajstić information content (AvgIpc) is 2.73. The van der Waals surface area contributed by atoms with Crippen molar-refractivity contribution in [1.82, 2.24) is 0 Å². The van der Waals surface area contributed by atoms with E-state index in [0.29, 0.717) is 12.4 Å². The van der Waals surface area contributed by atoms with Gasteiger partial charge in [-0.2, -0.15) is 0 Å². The summed E-state index contributed by atoms with van der Waals surface area (Å²) >= 11 is 0. The zero-order chi connectivity index (χ0) is 21.2. The number of hydrogen-bond acceptors (Lipinski definition) is 4. The van der Waals surface area contributed by atoms with Gasteiger partial charge in [0.2, 0.25) is 0 Å². The average molecular weight is 405 g/mol. The highest BCUT2D eigenvalue weighted by atomic mass is 16.5. The molecule has 4 nitrogen and oxygen atoms in total. The summed E-state index contributed by atoms with van der Waals surface area (Å²) in [5, 5.41) is 9.57. The molecule has 0 unspecified atom stereocenters. The van der Waals surface area contributed by atoms with Crippen LogP contribution < -0.4 is 4.74 Å². The number of rotatable bonds is 17. The van der Waals surface area contributed by atoms with Crippen molar-refractivity contribution in [3.8, 4) is 11.5 Å². The van der Waals surface area contributed by atoms with Gasteiger partial charge < -0.3 is 14.6 Å². The predicted octanol–water partition coefficient (Wildman–Crippen LogP) is 7.05. The first kappa shape index (κ1) is 25.1. The molecule has 4 heteroatoms. The Balaban J connectivity index is 1.96. The number of carbonyl (C=O) groups is 1. The molecule has 1 rings (SSSR count). The maximum atomic E-state index is 11.8. The maximum Gasteiger partial charge on any atom is 0.330 e. The van der Waals surface area contributed by atoms with E-state index in [1.165, 1.54) is 89.9 Å². The Labute approximate surface area is 177 Å². The number of benzene rings is 1. The molecule has 0 atom stereocenters. The van der Waals surface area contributed by atoms with Crippen LogP contribution in [-0.4, -0.2) is 24.8 Å². The van der Waals surface area contributed by atoms with Gasteiger partial charge in [-0.3, -0.25) is 0 Å². The highest BCUT2D eigenvalue weighted by molar-refractivity contribution is 5.87. The zero-order valence-corrected chi connectivity index (χ0v) is 18.5. The standard InChI is InChI=1S/C25H40O4/c1-3-4-5-6-7-8-9-10-11-12-13-14-15-20-29-25(27)19-17-22-16-18-23(26)24(21-22)28-2/h16-19,21,26H,3-15,20H2,1-2H3. The van der Waals surface area contributed by atoms with E-state index < -0.39 is 0 Å². The number of phenolic OH excluding ortho intramolecular Hbond substituents is 1. The molecule has 0 aliphatic rings. The molecular weight excluding hydrogens is 364 g/mol. The fraction of sp³-hybridized carbons (Fsp3) is 0.640. The number of carbonyl (C=O) groups excluding carboxylic acids is 1. The van der Waals surface area contributed by atoms with Crippen LogP contribution in [0, 0.1) is 0 Å². The SMILES string of the molecule is CCCCCCCCCCCCCCCOC(=O)C=Cc1ccc(O)c(OC)c1. The summed E-state index contributed by atoms with van der Waals surface area (Å²) in [6.07, 6.45) is 20.0. The van der Waals surface area contributed by atoms with Crippen molar-refractivity contribution in [3.05, 3.63) is 29.8 Å². The van der Waals surface area contributed by atoms with Gasteiger partial charge in [-0.05, 0) is 30.2 Å². The lowest BCUT2D eigenvalue weighted by Gasteiger charge is -2.04. The number of esters is 1. The monoisotopic (exact) mass is 404 g/mol. The van der Waals surface area contributed by atoms with E-state index in [9.17, 15) is 9.90 Å². The Bertz CT molecular complexity index is 580. The van der Waals surface area contributed by atoms with E-state index in [0.717, 1.165) is 18.4 Å². The largest absolute Gasteiger partial charge is 0.504 e. The van der Waals surface area contributed by atoms with Gasteiger partial charge in [0.15, 0.2) is 11.5 Å². The van der Waals surface area contributed by atoms with E-state index in [1.54, 1.807) is 18.2 Å². The number of phenols is 1. The van der Waals surface area contributed by atoms with Crippen LogP contribution in [0.4, 0.5) is 0 Å². The third kappa shape index (κ3) is 13.0. The minimum Gasteiger partial charge on any atom is -0.504 e. The van der Waals surface area contributed by atoms with Gasteiger partial charge in [-0.25, -0.2) is 4.79 Å². The number of aromatic hydroxyl groups is 1. The third-order valence-corrected chi connectivity index (χ3v) is 5.11. The summed E-state index contributed by atoms with van der Waals surface area (Å²) in [7, 11) is 1.49. The van der Waals surface area contributed by atoms with Crippen LogP contribution in [0.3, 0.4) is 0 Å². The number of methoxy groups -OCH3 is 1. The molecule has 0 amide bonds. The summed E-state index contributed by atoms with van der Waals surface area (Å²) in [5.41, 5.74) is 0.776. The fourth-order valence-electron chi connectivity index (χ4n) is 3.30. The van der Waals surface area contributed by atoms with Gasteiger partial charge in [-0.1, -0.05) is 90.0 Å². The molecule has 0 aliphatic carbocycles. The molecule has 0 saturated heterocycles. The maximum absolute atomic E-state index is 11.8. The molecule has 1 N–H and O–H groups in total. The lowest BCUT2D eigenvalue weighted by Crippen LogP contribution is -2.02. The van der Waals surface area contributed by atoms with Crippen molar-refractivity contribution in [2.75, 3.05) is 13.7 Å². The Morgan fingerprint density at radius 2 is 1.45 bits per heavy atom. The van der Waals surface area contributed by atoms with Gasteiger partial charge in [0.05, 0.1) is 13.7 Å². The highest BCUT2D eigenvalue weighted by Crippen LogP contribution is 2.26. The molecular formula is C25H40O4. The molecule has 0 aromatic heterocycles. The summed E-state index contributed by atoms with van der Waals surface area (Å²) < 4.78 is 10.3. The predicted molar refractivity (Wildman–Crippen MR) is 120 cm³/mol. The lowest BCUT2D eigenvalue weighted by molar-refractivity contribution is -0.137. The number of unbranched alkanes of at least 4 members (excludes halogenated alkanes) is 12. The van der Waals surface area contributed by atoms with Crippen molar-refractivity contribution < 1.29 is 19.4 Å². The van der Waals surface area contributed by atoms with Crippen LogP contribution >= 0.6 is 0 Å². The molecule has 0 saturated carbocycles. The van der Waals surface area contributed by atoms with Crippen molar-refractivity contribution in [3.63, 3.8) is 0 Å². The van der Waals surface area contributed by atoms with Gasteiger partial charge >= 0.3 is 5.97 Å². The molecule has 0 aliphatic heterocycles. The third-order valence-electron chi connectivity index (χ3n) is 5.11. The summed E-state index contributed by atoms with van der Waals surface area (Å²) in [4.78, 5) is 11.8. The van der Waals surface area contributed by atoms with Gasteiger partial charge in [0.1, 0.15) is 0 Å². The molecule has 0 spiro atoms. The van der Waals surface area contributed by atoms with Gasteiger partial charge in [-0.15, -0.1) is 0 Å². The Morgan fingerprint density at radius 3 is 2.00 bits per heavy atom. The van der Waals surface area contributed by atoms with Crippen LogP contribution in [0.5, 0.6) is 11.5 Å². The highest BCUT2D eigenvalue weighted by Gasteiger charge is 2.02. The van der Waals surface area contributed by atoms with Crippen LogP contribution in [0.25, 0.3) is 6.08 Å².